The van der Waals surface area contributed by atoms with Gasteiger partial charge in [-0.3, -0.25) is 4.79 Å². The maximum atomic E-state index is 12.4. The fourth-order valence-electron chi connectivity index (χ4n) is 2.06. The lowest BCUT2D eigenvalue weighted by Gasteiger charge is -2.37. The lowest BCUT2D eigenvalue weighted by molar-refractivity contribution is 0.0573. The Labute approximate surface area is 117 Å². The van der Waals surface area contributed by atoms with Crippen LogP contribution in [0.5, 0.6) is 0 Å². The van der Waals surface area contributed by atoms with E-state index >= 15 is 0 Å². The van der Waals surface area contributed by atoms with E-state index in [1.54, 1.807) is 6.07 Å². The van der Waals surface area contributed by atoms with Crippen molar-refractivity contribution in [3.05, 3.63) is 21.9 Å². The van der Waals surface area contributed by atoms with Crippen LogP contribution >= 0.6 is 11.3 Å². The minimum atomic E-state index is -0.156. The molecule has 2 rings (SSSR count). The van der Waals surface area contributed by atoms with Crippen molar-refractivity contribution >= 4 is 17.2 Å². The van der Waals surface area contributed by atoms with Gasteiger partial charge in [0.15, 0.2) is 0 Å². The number of likely N-dealkylation sites (N-methyl/N-ethyl adjacent to an activating group) is 1. The molecule has 0 spiro atoms. The molecule has 102 valence electrons. The molecule has 5 heteroatoms. The van der Waals surface area contributed by atoms with Gasteiger partial charge in [0, 0.05) is 31.1 Å². The maximum absolute atomic E-state index is 12.4. The second-order valence-corrected chi connectivity index (χ2v) is 5.65. The number of thiophene rings is 1. The Morgan fingerprint density at radius 2 is 2.37 bits per heavy atom. The van der Waals surface area contributed by atoms with Crippen LogP contribution in [0.1, 0.15) is 22.2 Å². The molecule has 1 aliphatic rings. The second kappa shape index (κ2) is 6.20. The van der Waals surface area contributed by atoms with Crippen LogP contribution in [0.15, 0.2) is 11.4 Å². The summed E-state index contributed by atoms with van der Waals surface area (Å²) >= 11 is 1.44. The highest BCUT2D eigenvalue weighted by Crippen LogP contribution is 2.17. The van der Waals surface area contributed by atoms with Crippen molar-refractivity contribution in [3.63, 3.8) is 0 Å². The van der Waals surface area contributed by atoms with E-state index < -0.39 is 0 Å². The van der Waals surface area contributed by atoms with Gasteiger partial charge in [-0.15, -0.1) is 11.3 Å². The second-order valence-electron chi connectivity index (χ2n) is 4.74. The normalized spacial score (nSPS) is 19.9. The number of carbonyl (C=O) groups excluding carboxylic acids is 1. The molecule has 4 nitrogen and oxygen atoms in total. The molecule has 1 unspecified atom stereocenters. The van der Waals surface area contributed by atoms with Gasteiger partial charge in [0.05, 0.1) is 10.4 Å². The minimum absolute atomic E-state index is 0.0771. The largest absolute Gasteiger partial charge is 0.384 e. The number of aliphatic hydroxyl groups excluding tert-OH is 1. The fraction of sp³-hybridized carbons (Fsp3) is 0.500. The van der Waals surface area contributed by atoms with Crippen LogP contribution < -0.4 is 0 Å². The van der Waals surface area contributed by atoms with E-state index in [0.29, 0.717) is 11.6 Å². The van der Waals surface area contributed by atoms with Crippen molar-refractivity contribution in [1.82, 2.24) is 9.80 Å². The van der Waals surface area contributed by atoms with Crippen LogP contribution in [-0.4, -0.2) is 60.1 Å². The summed E-state index contributed by atoms with van der Waals surface area (Å²) in [5.74, 6) is 5.50. The first-order valence-electron chi connectivity index (χ1n) is 6.29. The third-order valence-electron chi connectivity index (χ3n) is 3.38. The molecule has 0 radical (unpaired) electrons. The van der Waals surface area contributed by atoms with Gasteiger partial charge in [-0.2, -0.15) is 0 Å². The van der Waals surface area contributed by atoms with E-state index in [1.165, 1.54) is 11.3 Å². The minimum Gasteiger partial charge on any atom is -0.384 e. The zero-order chi connectivity index (χ0) is 13.8. The van der Waals surface area contributed by atoms with Crippen molar-refractivity contribution in [2.24, 2.45) is 0 Å². The van der Waals surface area contributed by atoms with E-state index in [-0.39, 0.29) is 12.5 Å². The highest BCUT2D eigenvalue weighted by molar-refractivity contribution is 7.10. The average molecular weight is 278 g/mol. The molecule has 1 aliphatic heterocycles. The maximum Gasteiger partial charge on any atom is 0.254 e. The first-order chi connectivity index (χ1) is 9.11. The molecule has 1 atom stereocenters. The van der Waals surface area contributed by atoms with Gasteiger partial charge in [0.1, 0.15) is 6.61 Å². The summed E-state index contributed by atoms with van der Waals surface area (Å²) in [7, 11) is 2.08. The van der Waals surface area contributed by atoms with Crippen LogP contribution in [0, 0.1) is 11.8 Å². The molecule has 0 aliphatic carbocycles. The molecular formula is C14H18N2O2S. The van der Waals surface area contributed by atoms with Crippen molar-refractivity contribution in [2.75, 3.05) is 33.3 Å². The van der Waals surface area contributed by atoms with E-state index in [4.69, 9.17) is 5.11 Å². The summed E-state index contributed by atoms with van der Waals surface area (Å²) in [5.41, 5.74) is 0.698. The molecule has 1 aromatic rings. The summed E-state index contributed by atoms with van der Waals surface area (Å²) in [6.07, 6.45) is 0. The molecular weight excluding hydrogens is 260 g/mol. The van der Waals surface area contributed by atoms with E-state index in [0.717, 1.165) is 24.5 Å². The Morgan fingerprint density at radius 3 is 3.05 bits per heavy atom. The first kappa shape index (κ1) is 14.1. The van der Waals surface area contributed by atoms with E-state index in [1.807, 2.05) is 10.3 Å². The van der Waals surface area contributed by atoms with Crippen LogP contribution in [-0.2, 0) is 0 Å². The molecule has 1 N–H and O–H groups in total. The lowest BCUT2D eigenvalue weighted by atomic mass is 10.2. The molecule has 2 heterocycles. The highest BCUT2D eigenvalue weighted by Gasteiger charge is 2.25. The van der Waals surface area contributed by atoms with Gasteiger partial charge in [-0.25, -0.2) is 0 Å². The van der Waals surface area contributed by atoms with Crippen LogP contribution in [0.4, 0.5) is 0 Å². The Bertz CT molecular complexity index is 515. The quantitative estimate of drug-likeness (QED) is 0.775. The third-order valence-corrected chi connectivity index (χ3v) is 4.23. The van der Waals surface area contributed by atoms with Crippen molar-refractivity contribution in [3.8, 4) is 11.8 Å². The Balaban J connectivity index is 2.05. The van der Waals surface area contributed by atoms with Gasteiger partial charge >= 0.3 is 0 Å². The molecule has 1 saturated heterocycles. The van der Waals surface area contributed by atoms with E-state index in [2.05, 4.69) is 30.7 Å². The number of amides is 1. The zero-order valence-corrected chi connectivity index (χ0v) is 12.0. The molecule has 1 fully saturated rings. The molecule has 0 saturated carbocycles. The summed E-state index contributed by atoms with van der Waals surface area (Å²) in [6.45, 7) is 4.42. The topological polar surface area (TPSA) is 43.8 Å². The number of piperazine rings is 1. The summed E-state index contributed by atoms with van der Waals surface area (Å²) in [6, 6.07) is 2.20. The Morgan fingerprint density at radius 1 is 1.58 bits per heavy atom. The van der Waals surface area contributed by atoms with Gasteiger partial charge in [0.2, 0.25) is 0 Å². The fourth-order valence-corrected chi connectivity index (χ4v) is 2.80. The van der Waals surface area contributed by atoms with Crippen LogP contribution in [0.3, 0.4) is 0 Å². The smallest absolute Gasteiger partial charge is 0.254 e. The predicted molar refractivity (Wildman–Crippen MR) is 76.3 cm³/mol. The molecule has 1 amide bonds. The Hall–Kier alpha value is -1.35. The van der Waals surface area contributed by atoms with Gasteiger partial charge in [0.25, 0.3) is 5.91 Å². The SMILES string of the molecule is CC1CN(C(=O)c2csc(C#CCO)c2)CCN1C. The molecule has 19 heavy (non-hydrogen) atoms. The van der Waals surface area contributed by atoms with Crippen molar-refractivity contribution in [1.29, 1.82) is 0 Å². The zero-order valence-electron chi connectivity index (χ0n) is 11.2. The molecule has 0 aromatic carbocycles. The van der Waals surface area contributed by atoms with Gasteiger partial charge < -0.3 is 14.9 Å². The first-order valence-corrected chi connectivity index (χ1v) is 7.17. The third kappa shape index (κ3) is 3.35. The average Bonchev–Trinajstić information content (AvgIpc) is 2.87. The summed E-state index contributed by atoms with van der Waals surface area (Å²) in [5, 5.41) is 10.5. The predicted octanol–water partition coefficient (Wildman–Crippen LogP) is 0.868. The summed E-state index contributed by atoms with van der Waals surface area (Å²) in [4.78, 5) is 17.3. The summed E-state index contributed by atoms with van der Waals surface area (Å²) < 4.78 is 0. The van der Waals surface area contributed by atoms with Gasteiger partial charge in [-0.1, -0.05) is 11.8 Å². The number of hydrogen-bond donors (Lipinski definition) is 1. The number of hydrogen-bond acceptors (Lipinski definition) is 4. The molecule has 1 aromatic heterocycles. The van der Waals surface area contributed by atoms with Crippen LogP contribution in [0.25, 0.3) is 0 Å². The van der Waals surface area contributed by atoms with Gasteiger partial charge in [-0.05, 0) is 20.0 Å². The number of carbonyl (C=O) groups is 1. The van der Waals surface area contributed by atoms with Crippen molar-refractivity contribution < 1.29 is 9.90 Å². The monoisotopic (exact) mass is 278 g/mol. The van der Waals surface area contributed by atoms with Crippen LogP contribution in [0.2, 0.25) is 0 Å². The van der Waals surface area contributed by atoms with E-state index in [9.17, 15) is 4.79 Å². The number of rotatable bonds is 1. The Kier molecular flexibility index (Phi) is 4.59. The van der Waals surface area contributed by atoms with Crippen molar-refractivity contribution in [2.45, 2.75) is 13.0 Å². The lowest BCUT2D eigenvalue weighted by Crippen LogP contribution is -2.51. The number of aliphatic hydroxyl groups is 1. The number of nitrogens with zero attached hydrogens (tertiary/aromatic N) is 2. The standard InChI is InChI=1S/C14H18N2O2S/c1-11-9-16(6-5-15(11)2)14(18)12-8-13(19-10-12)4-3-7-17/h8,10-11,17H,5-7,9H2,1-2H3. The highest BCUT2D eigenvalue weighted by atomic mass is 32.1. The molecule has 0 bridgehead atoms.